The van der Waals surface area contributed by atoms with E-state index in [-0.39, 0.29) is 42.4 Å². The van der Waals surface area contributed by atoms with Gasteiger partial charge >= 0.3 is 0 Å². The van der Waals surface area contributed by atoms with E-state index < -0.39 is 15.5 Å². The number of halogens is 1. The Morgan fingerprint density at radius 2 is 2.12 bits per heavy atom. The summed E-state index contributed by atoms with van der Waals surface area (Å²) in [6, 6.07) is 8.97. The van der Waals surface area contributed by atoms with Gasteiger partial charge in [0, 0.05) is 53.6 Å². The van der Waals surface area contributed by atoms with E-state index in [1.54, 1.807) is 35.3 Å². The molecule has 0 aliphatic carbocycles. The first-order chi connectivity index (χ1) is 15.7. The minimum Gasteiger partial charge on any atom is -0.486 e. The maximum Gasteiger partial charge on any atom is 0.175 e. The maximum atomic E-state index is 14.5. The molecule has 3 heterocycles. The molecule has 33 heavy (non-hydrogen) atoms. The number of nitrogens with zero attached hydrogens (tertiary/aromatic N) is 3. The summed E-state index contributed by atoms with van der Waals surface area (Å²) in [5.41, 5.74) is 1.56. The van der Waals surface area contributed by atoms with Crippen LogP contribution in [0.25, 0.3) is 21.8 Å². The number of hydrogen-bond acceptors (Lipinski definition) is 6. The number of alkyl halides is 1. The van der Waals surface area contributed by atoms with E-state index in [4.69, 9.17) is 4.74 Å². The van der Waals surface area contributed by atoms with Gasteiger partial charge in [0.1, 0.15) is 18.2 Å². The van der Waals surface area contributed by atoms with Crippen molar-refractivity contribution >= 4 is 31.6 Å². The number of aryl methyl sites for hydroxylation is 1. The monoisotopic (exact) mass is 467 g/mol. The normalized spacial score (nSPS) is 15.5. The number of benzene rings is 2. The molecule has 2 aromatic heterocycles. The van der Waals surface area contributed by atoms with Crippen LogP contribution in [-0.2, 0) is 16.4 Å². The Kier molecular flexibility index (Phi) is 4.92. The third-order valence-corrected chi connectivity index (χ3v) is 7.15. The van der Waals surface area contributed by atoms with Gasteiger partial charge in [-0.1, -0.05) is 0 Å². The second kappa shape index (κ2) is 7.57. The van der Waals surface area contributed by atoms with Gasteiger partial charge in [-0.2, -0.15) is 10.4 Å². The van der Waals surface area contributed by atoms with E-state index in [1.165, 1.54) is 6.26 Å². The number of aromatic amines is 1. The predicted molar refractivity (Wildman–Crippen MR) is 122 cm³/mol. The SMILES string of the molecule is Cc1cc(S(C)(=O)=O)c(Cn2cc3ccc(C#N)c(OCC4(F)CNC4)c3n2)c2cc[nH]c12. The molecule has 1 aliphatic heterocycles. The highest BCUT2D eigenvalue weighted by atomic mass is 32.2. The van der Waals surface area contributed by atoms with Gasteiger partial charge in [0.15, 0.2) is 21.3 Å². The minimum absolute atomic E-state index is 0.180. The molecule has 0 bridgehead atoms. The van der Waals surface area contributed by atoms with Gasteiger partial charge in [-0.3, -0.25) is 4.68 Å². The number of H-pyrrole nitrogens is 1. The van der Waals surface area contributed by atoms with E-state index in [2.05, 4.69) is 21.5 Å². The number of ether oxygens (including phenoxy) is 1. The number of nitriles is 1. The van der Waals surface area contributed by atoms with Crippen molar-refractivity contribution in [3.05, 3.63) is 53.3 Å². The van der Waals surface area contributed by atoms with Crippen molar-refractivity contribution in [1.82, 2.24) is 20.1 Å². The second-order valence-corrected chi connectivity index (χ2v) is 10.6. The van der Waals surface area contributed by atoms with Crippen LogP contribution in [0.1, 0.15) is 16.7 Å². The molecule has 2 N–H and O–H groups in total. The van der Waals surface area contributed by atoms with Crippen LogP contribution in [0.5, 0.6) is 5.75 Å². The highest BCUT2D eigenvalue weighted by Gasteiger charge is 2.38. The largest absolute Gasteiger partial charge is 0.486 e. The van der Waals surface area contributed by atoms with Gasteiger partial charge < -0.3 is 15.0 Å². The molecule has 0 saturated carbocycles. The smallest absolute Gasteiger partial charge is 0.175 e. The maximum absolute atomic E-state index is 14.5. The molecule has 0 amide bonds. The topological polar surface area (TPSA) is 113 Å². The predicted octanol–water partition coefficient (Wildman–Crippen LogP) is 2.84. The molecule has 170 valence electrons. The number of aromatic nitrogens is 3. The minimum atomic E-state index is -3.49. The van der Waals surface area contributed by atoms with Gasteiger partial charge in [-0.15, -0.1) is 0 Å². The fourth-order valence-corrected chi connectivity index (χ4v) is 5.23. The lowest BCUT2D eigenvalue weighted by molar-refractivity contribution is 0.0351. The first kappa shape index (κ1) is 21.4. The molecule has 1 fully saturated rings. The van der Waals surface area contributed by atoms with Crippen LogP contribution in [0.3, 0.4) is 0 Å². The molecule has 0 radical (unpaired) electrons. The van der Waals surface area contributed by atoms with Crippen LogP contribution < -0.4 is 10.1 Å². The zero-order chi connectivity index (χ0) is 23.4. The average molecular weight is 468 g/mol. The van der Waals surface area contributed by atoms with Crippen molar-refractivity contribution in [3.63, 3.8) is 0 Å². The van der Waals surface area contributed by atoms with Gasteiger partial charge in [-0.25, -0.2) is 12.8 Å². The van der Waals surface area contributed by atoms with Crippen molar-refractivity contribution in [2.24, 2.45) is 0 Å². The molecule has 4 aromatic rings. The first-order valence-electron chi connectivity index (χ1n) is 10.4. The third kappa shape index (κ3) is 3.73. The Labute approximate surface area is 189 Å². The number of rotatable bonds is 6. The quantitative estimate of drug-likeness (QED) is 0.451. The summed E-state index contributed by atoms with van der Waals surface area (Å²) < 4.78 is 46.9. The second-order valence-electron chi connectivity index (χ2n) is 8.57. The van der Waals surface area contributed by atoms with Gasteiger partial charge in [0.2, 0.25) is 0 Å². The number of hydrogen-bond donors (Lipinski definition) is 2. The Balaban J connectivity index is 1.59. The Morgan fingerprint density at radius 1 is 1.33 bits per heavy atom. The van der Waals surface area contributed by atoms with Crippen LogP contribution in [-0.4, -0.2) is 54.8 Å². The molecule has 0 unspecified atom stereocenters. The van der Waals surface area contributed by atoms with Crippen molar-refractivity contribution in [2.45, 2.75) is 24.0 Å². The van der Waals surface area contributed by atoms with Gasteiger partial charge in [-0.05, 0) is 36.8 Å². The number of nitrogens with one attached hydrogen (secondary N) is 2. The third-order valence-electron chi connectivity index (χ3n) is 5.99. The van der Waals surface area contributed by atoms with Gasteiger partial charge in [0.05, 0.1) is 17.0 Å². The van der Waals surface area contributed by atoms with Crippen molar-refractivity contribution < 1.29 is 17.5 Å². The van der Waals surface area contributed by atoms with Crippen LogP contribution in [0.15, 0.2) is 41.6 Å². The summed E-state index contributed by atoms with van der Waals surface area (Å²) >= 11 is 0. The Morgan fingerprint density at radius 3 is 2.79 bits per heavy atom. The molecule has 0 atom stereocenters. The summed E-state index contributed by atoms with van der Waals surface area (Å²) in [5, 5.41) is 18.5. The summed E-state index contributed by atoms with van der Waals surface area (Å²) in [6.45, 7) is 2.29. The molecular formula is C23H22FN5O3S. The molecule has 10 heteroatoms. The van der Waals surface area contributed by atoms with E-state index in [0.29, 0.717) is 16.5 Å². The van der Waals surface area contributed by atoms with E-state index in [9.17, 15) is 18.1 Å². The van der Waals surface area contributed by atoms with Crippen LogP contribution in [0, 0.1) is 18.3 Å². The molecular weight excluding hydrogens is 445 g/mol. The summed E-state index contributed by atoms with van der Waals surface area (Å²) in [7, 11) is -3.49. The molecule has 0 spiro atoms. The summed E-state index contributed by atoms with van der Waals surface area (Å²) in [6.07, 6.45) is 4.74. The van der Waals surface area contributed by atoms with Crippen LogP contribution >= 0.6 is 0 Å². The van der Waals surface area contributed by atoms with Crippen LogP contribution in [0.4, 0.5) is 4.39 Å². The highest BCUT2D eigenvalue weighted by molar-refractivity contribution is 7.90. The lowest BCUT2D eigenvalue weighted by Crippen LogP contribution is -2.59. The van der Waals surface area contributed by atoms with E-state index in [0.717, 1.165) is 16.5 Å². The lowest BCUT2D eigenvalue weighted by atomic mass is 10.0. The molecule has 1 saturated heterocycles. The molecule has 8 nitrogen and oxygen atoms in total. The first-order valence-corrected chi connectivity index (χ1v) is 12.3. The van der Waals surface area contributed by atoms with E-state index in [1.807, 2.05) is 13.0 Å². The molecule has 1 aliphatic rings. The fraction of sp³-hybridized carbons (Fsp3) is 0.304. The number of fused-ring (bicyclic) bond motifs is 2. The van der Waals surface area contributed by atoms with Crippen molar-refractivity contribution in [3.8, 4) is 11.8 Å². The zero-order valence-corrected chi connectivity index (χ0v) is 19.0. The number of sulfone groups is 1. The highest BCUT2D eigenvalue weighted by Crippen LogP contribution is 2.32. The summed E-state index contributed by atoms with van der Waals surface area (Å²) in [5.74, 6) is 0.233. The summed E-state index contributed by atoms with van der Waals surface area (Å²) in [4.78, 5) is 3.41. The Hall–Kier alpha value is -3.42. The van der Waals surface area contributed by atoms with Crippen molar-refractivity contribution in [1.29, 1.82) is 5.26 Å². The zero-order valence-electron chi connectivity index (χ0n) is 18.1. The molecule has 5 rings (SSSR count). The van der Waals surface area contributed by atoms with Gasteiger partial charge in [0.25, 0.3) is 0 Å². The Bertz CT molecular complexity index is 1540. The van der Waals surface area contributed by atoms with Crippen LogP contribution in [0.2, 0.25) is 0 Å². The lowest BCUT2D eigenvalue weighted by Gasteiger charge is -2.34. The molecule has 2 aromatic carbocycles. The standard InChI is InChI=1S/C23H22FN5O3S/c1-14-7-19(33(2,30)31)18(17-5-6-27-20(14)17)10-29-9-16-4-3-15(8-25)22(21(16)28-29)32-13-23(24)11-26-12-23/h3-7,9,26-27H,10-13H2,1-2H3. The average Bonchev–Trinajstić information content (AvgIpc) is 3.39. The van der Waals surface area contributed by atoms with E-state index >= 15 is 0 Å². The van der Waals surface area contributed by atoms with Crippen molar-refractivity contribution in [2.75, 3.05) is 26.0 Å². The fourth-order valence-electron chi connectivity index (χ4n) is 4.22.